The van der Waals surface area contributed by atoms with Gasteiger partial charge in [-0.25, -0.2) is 0 Å². The van der Waals surface area contributed by atoms with Gasteiger partial charge < -0.3 is 18.9 Å². The molecule has 3 unspecified atom stereocenters. The van der Waals surface area contributed by atoms with E-state index in [-0.39, 0.29) is 10.8 Å². The summed E-state index contributed by atoms with van der Waals surface area (Å²) in [5.41, 5.74) is 34.0. The lowest BCUT2D eigenvalue weighted by molar-refractivity contribution is 0.116. The van der Waals surface area contributed by atoms with Crippen LogP contribution in [0.4, 0.5) is 17.1 Å². The van der Waals surface area contributed by atoms with Crippen LogP contribution in [0.15, 0.2) is 322 Å². The van der Waals surface area contributed by atoms with Crippen LogP contribution in [0.5, 0.6) is 5.75 Å². The SMILES string of the molecule is CCCCC(CC)COc1ccc2c(c1)C1(c3ccccc3-2)c2cc(-c3ccc(C(C)(C)C)cc3)ccc2-c2ccc(-c3ccc4c(c3)C(c3ccccc3)(c3ccc5c(c3)c3ccccc3n5CCCCCCCCCCOCc3ccc(N(c5ccccc5)c5ccccc5)cc3)c3cc(-c5ccc(C(C)(C)C)cc5)ccc3-4)cc21. The van der Waals surface area contributed by atoms with Crippen LogP contribution in [0, 0.1) is 5.92 Å². The first-order valence-electron chi connectivity index (χ1n) is 43.5. The number of benzene rings is 14. The number of rotatable bonds is 28. The quantitative estimate of drug-likeness (QED) is 0.0457. The van der Waals surface area contributed by atoms with E-state index in [1.54, 1.807) is 0 Å². The first-order valence-corrected chi connectivity index (χ1v) is 43.5. The van der Waals surface area contributed by atoms with E-state index >= 15 is 0 Å². The summed E-state index contributed by atoms with van der Waals surface area (Å²) in [5.74, 6) is 1.44. The van der Waals surface area contributed by atoms with Gasteiger partial charge in [-0.1, -0.05) is 344 Å². The largest absolute Gasteiger partial charge is 0.493 e. The summed E-state index contributed by atoms with van der Waals surface area (Å²) in [6.45, 7) is 21.6. The molecule has 0 bridgehead atoms. The van der Waals surface area contributed by atoms with Crippen molar-refractivity contribution in [1.82, 2.24) is 4.57 Å². The van der Waals surface area contributed by atoms with Crippen LogP contribution < -0.4 is 9.64 Å². The summed E-state index contributed by atoms with van der Waals surface area (Å²) in [4.78, 5) is 2.30. The second-order valence-corrected chi connectivity index (χ2v) is 35.5. The third-order valence-corrected chi connectivity index (χ3v) is 26.1. The highest BCUT2D eigenvalue weighted by Gasteiger charge is 2.53. The molecule has 117 heavy (non-hydrogen) atoms. The van der Waals surface area contributed by atoms with Gasteiger partial charge in [0.2, 0.25) is 0 Å². The Morgan fingerprint density at radius 3 is 1.33 bits per heavy atom. The molecule has 1 aromatic heterocycles. The minimum atomic E-state index is -0.709. The molecule has 584 valence electrons. The third kappa shape index (κ3) is 14.3. The van der Waals surface area contributed by atoms with Gasteiger partial charge in [0.25, 0.3) is 0 Å². The third-order valence-electron chi connectivity index (χ3n) is 26.1. The molecule has 3 aliphatic carbocycles. The summed E-state index contributed by atoms with van der Waals surface area (Å²) in [6.07, 6.45) is 14.3. The van der Waals surface area contributed by atoms with E-state index in [4.69, 9.17) is 9.47 Å². The summed E-state index contributed by atoms with van der Waals surface area (Å²) in [7, 11) is 0. The predicted molar refractivity (Wildman–Crippen MR) is 493 cm³/mol. The van der Waals surface area contributed by atoms with E-state index < -0.39 is 10.8 Å². The van der Waals surface area contributed by atoms with Gasteiger partial charge in [-0.3, -0.25) is 0 Å². The van der Waals surface area contributed by atoms with Crippen molar-refractivity contribution in [1.29, 1.82) is 0 Å². The molecule has 14 aromatic carbocycles. The Morgan fingerprint density at radius 2 is 0.786 bits per heavy atom. The van der Waals surface area contributed by atoms with Crippen molar-refractivity contribution in [2.24, 2.45) is 5.92 Å². The van der Waals surface area contributed by atoms with Gasteiger partial charge in [0.05, 0.1) is 24.0 Å². The number of aromatic nitrogens is 1. The first-order chi connectivity index (χ1) is 57.2. The van der Waals surface area contributed by atoms with Gasteiger partial charge in [0.1, 0.15) is 5.75 Å². The van der Waals surface area contributed by atoms with Crippen molar-refractivity contribution in [3.8, 4) is 72.5 Å². The lowest BCUT2D eigenvalue weighted by Gasteiger charge is -2.34. The number of nitrogens with zero attached hydrogens (tertiary/aromatic N) is 2. The average Bonchev–Trinajstić information content (AvgIpc) is 1.51. The van der Waals surface area contributed by atoms with E-state index in [2.05, 4.69) is 386 Å². The van der Waals surface area contributed by atoms with Crippen molar-refractivity contribution in [2.45, 2.75) is 167 Å². The van der Waals surface area contributed by atoms with Crippen molar-refractivity contribution in [2.75, 3.05) is 18.1 Å². The monoisotopic (exact) mass is 1530 g/mol. The lowest BCUT2D eigenvalue weighted by atomic mass is 9.67. The average molecular weight is 1530 g/mol. The molecule has 15 aromatic rings. The molecular weight excluding hydrogens is 1420 g/mol. The van der Waals surface area contributed by atoms with Gasteiger partial charge in [-0.05, 0) is 255 Å². The predicted octanol–water partition coefficient (Wildman–Crippen LogP) is 30.5. The van der Waals surface area contributed by atoms with Crippen molar-refractivity contribution in [3.63, 3.8) is 0 Å². The Morgan fingerprint density at radius 1 is 0.342 bits per heavy atom. The van der Waals surface area contributed by atoms with Gasteiger partial charge in [0.15, 0.2) is 0 Å². The van der Waals surface area contributed by atoms with Gasteiger partial charge in [-0.2, -0.15) is 0 Å². The zero-order chi connectivity index (χ0) is 79.8. The van der Waals surface area contributed by atoms with Crippen LogP contribution >= 0.6 is 0 Å². The lowest BCUT2D eigenvalue weighted by Crippen LogP contribution is -2.28. The maximum atomic E-state index is 7.00. The fourth-order valence-electron chi connectivity index (χ4n) is 19.8. The molecular formula is C113H110N2O2. The smallest absolute Gasteiger partial charge is 0.119 e. The molecule has 0 fully saturated rings. The molecule has 3 aliphatic rings. The normalized spacial score (nSPS) is 15.3. The zero-order valence-corrected chi connectivity index (χ0v) is 69.7. The first kappa shape index (κ1) is 76.7. The van der Waals surface area contributed by atoms with Crippen molar-refractivity contribution >= 4 is 38.9 Å². The minimum absolute atomic E-state index is 0.0362. The highest BCUT2D eigenvalue weighted by Crippen LogP contribution is 2.65. The van der Waals surface area contributed by atoms with Crippen LogP contribution in [-0.2, 0) is 39.5 Å². The Balaban J connectivity index is 0.663. The Bertz CT molecular complexity index is 6020. The minimum Gasteiger partial charge on any atom is -0.493 e. The fourth-order valence-corrected chi connectivity index (χ4v) is 19.8. The van der Waals surface area contributed by atoms with E-state index in [0.29, 0.717) is 19.1 Å². The van der Waals surface area contributed by atoms with E-state index in [1.807, 2.05) is 0 Å². The molecule has 0 amide bonds. The standard InChI is InChI=1S/C113H110N2O2/c1-9-11-33-78(10-2)77-117-93-61-66-99-94-40-27-29-42-102(94)113(107(99)75-93)105-71-83(81-48-56-87(57-49-81)111(6,7)8)51-63-97(105)98-65-53-85(73-106(98)113)84-52-64-96-95-62-50-82(80-46-54-86(55-47-80)110(3,4)5)70-103(95)112(104(96)72-84,88-34-21-18-22-35-88)89-58-67-109-101(74-89)100-41-28-30-43-108(100)114(109)68-31-16-14-12-13-15-17-32-69-116-76-79-44-59-92(60-45-79)115(90-36-23-19-24-37-90)91-38-25-20-26-39-91/h18-30,34-67,70-75,78H,9-17,31-33,68-69,76-77H2,1-8H3. The molecule has 3 atom stereocenters. The number of unbranched alkanes of at least 4 members (excludes halogenated alkanes) is 8. The molecule has 0 N–H and O–H groups in total. The number of anilines is 3. The van der Waals surface area contributed by atoms with Crippen LogP contribution in [0.3, 0.4) is 0 Å². The van der Waals surface area contributed by atoms with Crippen LogP contribution in [0.2, 0.25) is 0 Å². The number of hydrogen-bond donors (Lipinski definition) is 0. The van der Waals surface area contributed by atoms with Crippen LogP contribution in [-0.4, -0.2) is 17.8 Å². The highest BCUT2D eigenvalue weighted by atomic mass is 16.5. The fraction of sp³-hybridized carbons (Fsp3) is 0.257. The number of fused-ring (bicyclic) bond motifs is 16. The second kappa shape index (κ2) is 32.5. The topological polar surface area (TPSA) is 26.6 Å². The number of ether oxygens (including phenoxy) is 2. The maximum absolute atomic E-state index is 7.00. The highest BCUT2D eigenvalue weighted by molar-refractivity contribution is 6.09. The van der Waals surface area contributed by atoms with Crippen LogP contribution in [0.25, 0.3) is 88.6 Å². The Kier molecular flexibility index (Phi) is 21.3. The zero-order valence-electron chi connectivity index (χ0n) is 69.7. The molecule has 0 saturated carbocycles. The molecule has 1 heterocycles. The Labute approximate surface area is 694 Å². The molecule has 0 saturated heterocycles. The molecule has 4 nitrogen and oxygen atoms in total. The second-order valence-electron chi connectivity index (χ2n) is 35.5. The molecule has 0 aliphatic heterocycles. The molecule has 0 radical (unpaired) electrons. The van der Waals surface area contributed by atoms with Gasteiger partial charge >= 0.3 is 0 Å². The van der Waals surface area contributed by atoms with Crippen molar-refractivity contribution < 1.29 is 9.47 Å². The van der Waals surface area contributed by atoms with Crippen LogP contribution in [0.1, 0.15) is 194 Å². The number of para-hydroxylation sites is 3. The van der Waals surface area contributed by atoms with E-state index in [1.165, 1.54) is 208 Å². The van der Waals surface area contributed by atoms with Crippen molar-refractivity contribution in [3.05, 3.63) is 383 Å². The number of hydrogen-bond acceptors (Lipinski definition) is 3. The van der Waals surface area contributed by atoms with E-state index in [9.17, 15) is 0 Å². The summed E-state index contributed by atoms with van der Waals surface area (Å²) in [5, 5.41) is 2.60. The molecule has 4 heteroatoms. The maximum Gasteiger partial charge on any atom is 0.119 e. The molecule has 1 spiro atoms. The summed E-state index contributed by atoms with van der Waals surface area (Å²) >= 11 is 0. The van der Waals surface area contributed by atoms with Gasteiger partial charge in [-0.15, -0.1) is 0 Å². The summed E-state index contributed by atoms with van der Waals surface area (Å²) in [6, 6.07) is 123. The van der Waals surface area contributed by atoms with Gasteiger partial charge in [0, 0.05) is 52.0 Å². The summed E-state index contributed by atoms with van der Waals surface area (Å²) < 4.78 is 15.9. The molecule has 18 rings (SSSR count). The number of aryl methyl sites for hydroxylation is 1. The Hall–Kier alpha value is -11.6. The van der Waals surface area contributed by atoms with E-state index in [0.717, 1.165) is 55.2 Å².